The molecule has 7 rings (SSSR count). The molecule has 16 heteroatoms. The number of hydrogen-bond donors (Lipinski definition) is 2. The Labute approximate surface area is 367 Å². The van der Waals surface area contributed by atoms with E-state index in [0.29, 0.717) is 88.6 Å². The maximum absolute atomic E-state index is 13.7. The van der Waals surface area contributed by atoms with Crippen LogP contribution in [-0.2, 0) is 19.1 Å². The Balaban J connectivity index is 0.945. The van der Waals surface area contributed by atoms with Gasteiger partial charge in [0.05, 0.1) is 41.0 Å². The molecule has 0 unspecified atom stereocenters. The van der Waals surface area contributed by atoms with Crippen molar-refractivity contribution >= 4 is 35.0 Å². The average molecular weight is 864 g/mol. The highest BCUT2D eigenvalue weighted by Gasteiger charge is 2.42. The van der Waals surface area contributed by atoms with Crippen LogP contribution in [0.4, 0.5) is 11.4 Å². The van der Waals surface area contributed by atoms with Crippen LogP contribution in [0, 0.1) is 27.7 Å². The van der Waals surface area contributed by atoms with Crippen molar-refractivity contribution in [3.8, 4) is 22.8 Å². The zero-order valence-corrected chi connectivity index (χ0v) is 37.7. The Kier molecular flexibility index (Phi) is 12.8. The molecular weight excluding hydrogens is 807 g/mol. The molecule has 2 aliphatic heterocycles. The number of anilines is 2. The Morgan fingerprint density at radius 2 is 1.06 bits per heavy atom. The summed E-state index contributed by atoms with van der Waals surface area (Å²) in [5, 5.41) is 13.8. The van der Waals surface area contributed by atoms with Gasteiger partial charge in [0.25, 0.3) is 11.8 Å². The number of carbonyl (C=O) groups is 4. The lowest BCUT2D eigenvalue weighted by atomic mass is 10.1. The van der Waals surface area contributed by atoms with Gasteiger partial charge in [-0.1, -0.05) is 10.3 Å². The highest BCUT2D eigenvalue weighted by molar-refractivity contribution is 5.98. The van der Waals surface area contributed by atoms with Gasteiger partial charge < -0.3 is 43.4 Å². The third kappa shape index (κ3) is 10.7. The van der Waals surface area contributed by atoms with Gasteiger partial charge in [-0.25, -0.2) is 4.98 Å². The van der Waals surface area contributed by atoms with Gasteiger partial charge in [-0.2, -0.15) is 0 Å². The van der Waals surface area contributed by atoms with Crippen molar-refractivity contribution in [1.29, 1.82) is 0 Å². The van der Waals surface area contributed by atoms with Crippen LogP contribution in [0.15, 0.2) is 68.2 Å². The number of aromatic nitrogens is 3. The molecule has 0 radical (unpaired) electrons. The first-order valence-electron chi connectivity index (χ1n) is 21.3. The fourth-order valence-corrected chi connectivity index (χ4v) is 8.47. The summed E-state index contributed by atoms with van der Waals surface area (Å²) in [6.07, 6.45) is 2.40. The van der Waals surface area contributed by atoms with Gasteiger partial charge in [-0.05, 0) is 131 Å². The Morgan fingerprint density at radius 3 is 1.44 bits per heavy atom. The molecule has 63 heavy (non-hydrogen) atoms. The molecule has 0 aliphatic carbocycles. The van der Waals surface area contributed by atoms with Crippen molar-refractivity contribution in [1.82, 2.24) is 25.1 Å². The summed E-state index contributed by atoms with van der Waals surface area (Å²) in [4.78, 5) is 62.0. The third-order valence-corrected chi connectivity index (χ3v) is 11.0. The lowest BCUT2D eigenvalue weighted by Crippen LogP contribution is -2.39. The molecule has 5 heterocycles. The molecule has 2 fully saturated rings. The number of aryl methyl sites for hydroxylation is 4. The highest BCUT2D eigenvalue weighted by Crippen LogP contribution is 2.33. The quantitative estimate of drug-likeness (QED) is 0.123. The van der Waals surface area contributed by atoms with Crippen molar-refractivity contribution in [3.63, 3.8) is 0 Å². The van der Waals surface area contributed by atoms with Gasteiger partial charge in [-0.15, -0.1) is 0 Å². The van der Waals surface area contributed by atoms with Gasteiger partial charge in [0.15, 0.2) is 5.76 Å². The average Bonchev–Trinajstić information content (AvgIpc) is 4.04. The molecule has 0 bridgehead atoms. The molecular formula is C47H57N7O9. The summed E-state index contributed by atoms with van der Waals surface area (Å²) in [5.74, 6) is 0.887. The Morgan fingerprint density at radius 1 is 0.651 bits per heavy atom. The monoisotopic (exact) mass is 863 g/mol. The fraction of sp³-hybridized carbons (Fsp3) is 0.468. The summed E-state index contributed by atoms with van der Waals surface area (Å²) < 4.78 is 29.1. The smallest absolute Gasteiger partial charge is 0.259 e. The van der Waals surface area contributed by atoms with Gasteiger partial charge in [0, 0.05) is 60.5 Å². The van der Waals surface area contributed by atoms with Crippen LogP contribution in [0.3, 0.4) is 0 Å². The number of nitrogens with one attached hydrogen (secondary N) is 2. The highest BCUT2D eigenvalue weighted by atomic mass is 16.5. The van der Waals surface area contributed by atoms with E-state index in [1.165, 1.54) is 0 Å². The van der Waals surface area contributed by atoms with Crippen molar-refractivity contribution in [2.45, 2.75) is 130 Å². The summed E-state index contributed by atoms with van der Waals surface area (Å²) in [5.41, 5.74) is 3.67. The zero-order valence-electron chi connectivity index (χ0n) is 37.7. The van der Waals surface area contributed by atoms with Crippen LogP contribution in [0.1, 0.15) is 111 Å². The first kappa shape index (κ1) is 44.9. The van der Waals surface area contributed by atoms with E-state index in [1.807, 2.05) is 65.8 Å². The van der Waals surface area contributed by atoms with Crippen LogP contribution < -0.4 is 10.6 Å². The maximum Gasteiger partial charge on any atom is 0.259 e. The second kappa shape index (κ2) is 17.9. The normalized spacial score (nSPS) is 19.1. The molecule has 2 aromatic carbocycles. The number of hydrogen-bond acceptors (Lipinski definition) is 12. The number of rotatable bonds is 12. The standard InChI is InChI=1S/C47H57N7O9/c1-26-41(28(3)62-51-26)44(57)53-24-36(60-46(5,6)7)19-34(53)21-39(55)49-32-15-11-30(12-16-32)38-23-48-43(59-38)31-13-17-33(18-14-31)50-40(56)22-35-20-37(61-47(8,9)10)25-54(35)45(58)42-27(2)52-63-29(42)4/h11-18,23,34-37H,19-22,24-25H2,1-10H3,(H,49,55)(H,50,56)/t34-,35-,36+,37+/m0/s1. The van der Waals surface area contributed by atoms with E-state index in [9.17, 15) is 19.2 Å². The molecule has 0 spiro atoms. The molecule has 3 aromatic heterocycles. The van der Waals surface area contributed by atoms with E-state index in [-0.39, 0.29) is 60.8 Å². The summed E-state index contributed by atoms with van der Waals surface area (Å²) in [6, 6.07) is 13.7. The van der Waals surface area contributed by atoms with E-state index in [2.05, 4.69) is 25.9 Å². The summed E-state index contributed by atoms with van der Waals surface area (Å²) in [7, 11) is 0. The van der Waals surface area contributed by atoms with Gasteiger partial charge in [-0.3, -0.25) is 19.2 Å². The van der Waals surface area contributed by atoms with Gasteiger partial charge in [0.1, 0.15) is 22.6 Å². The number of carbonyl (C=O) groups excluding carboxylic acids is 4. The molecule has 0 saturated carbocycles. The van der Waals surface area contributed by atoms with Crippen LogP contribution in [0.25, 0.3) is 22.8 Å². The molecule has 5 aromatic rings. The number of benzene rings is 2. The van der Waals surface area contributed by atoms with Gasteiger partial charge >= 0.3 is 0 Å². The third-order valence-electron chi connectivity index (χ3n) is 11.0. The predicted octanol–water partition coefficient (Wildman–Crippen LogP) is 8.07. The van der Waals surface area contributed by atoms with E-state index in [1.54, 1.807) is 68.0 Å². The fourth-order valence-electron chi connectivity index (χ4n) is 8.47. The van der Waals surface area contributed by atoms with Crippen molar-refractivity contribution in [2.24, 2.45) is 0 Å². The molecule has 2 saturated heterocycles. The van der Waals surface area contributed by atoms with Crippen molar-refractivity contribution in [3.05, 3.63) is 88.8 Å². The minimum Gasteiger partial charge on any atom is -0.436 e. The minimum absolute atomic E-state index is 0.0877. The van der Waals surface area contributed by atoms with Crippen LogP contribution in [0.2, 0.25) is 0 Å². The predicted molar refractivity (Wildman–Crippen MR) is 234 cm³/mol. The summed E-state index contributed by atoms with van der Waals surface area (Å²) in [6.45, 7) is 19.4. The first-order valence-corrected chi connectivity index (χ1v) is 21.3. The number of ether oxygens (including phenoxy) is 2. The number of likely N-dealkylation sites (tertiary alicyclic amines) is 2. The molecule has 16 nitrogen and oxygen atoms in total. The molecule has 2 aliphatic rings. The number of nitrogens with zero attached hydrogens (tertiary/aromatic N) is 5. The zero-order chi connectivity index (χ0) is 45.4. The van der Waals surface area contributed by atoms with E-state index in [4.69, 9.17) is 22.9 Å². The van der Waals surface area contributed by atoms with Crippen molar-refractivity contribution in [2.75, 3.05) is 23.7 Å². The minimum atomic E-state index is -0.411. The largest absolute Gasteiger partial charge is 0.436 e. The SMILES string of the molecule is Cc1noc(C)c1C(=O)N1C[C@H](OC(C)(C)C)C[C@H]1CC(=O)Nc1ccc(-c2cnc(-c3ccc(NC(=O)C[C@@H]4C[C@@H](OC(C)(C)C)CN4C(=O)c4c(C)noc4C)cc3)o2)cc1. The van der Waals surface area contributed by atoms with Crippen molar-refractivity contribution < 1.29 is 42.1 Å². The first-order chi connectivity index (χ1) is 29.7. The molecule has 4 amide bonds. The molecule has 4 atom stereocenters. The Hall–Kier alpha value is -6.13. The van der Waals surface area contributed by atoms with Crippen LogP contribution in [0.5, 0.6) is 0 Å². The topological polar surface area (TPSA) is 195 Å². The van der Waals surface area contributed by atoms with E-state index in [0.717, 1.165) is 5.56 Å². The van der Waals surface area contributed by atoms with Crippen LogP contribution in [-0.4, -0.2) is 97.3 Å². The van der Waals surface area contributed by atoms with Crippen LogP contribution >= 0.6 is 0 Å². The maximum atomic E-state index is 13.7. The lowest BCUT2D eigenvalue weighted by Gasteiger charge is -2.25. The van der Waals surface area contributed by atoms with Gasteiger partial charge in [0.2, 0.25) is 17.7 Å². The lowest BCUT2D eigenvalue weighted by molar-refractivity contribution is -0.117. The second-order valence-corrected chi connectivity index (χ2v) is 18.5. The number of oxazole rings is 1. The summed E-state index contributed by atoms with van der Waals surface area (Å²) >= 11 is 0. The van der Waals surface area contributed by atoms with E-state index < -0.39 is 11.2 Å². The van der Waals surface area contributed by atoms with E-state index >= 15 is 0 Å². The molecule has 334 valence electrons. The molecule has 2 N–H and O–H groups in total. The Bertz CT molecular complexity index is 2250. The number of amides is 4. The second-order valence-electron chi connectivity index (χ2n) is 18.5.